The summed E-state index contributed by atoms with van der Waals surface area (Å²) >= 11 is 0. The number of fused-ring (bicyclic) bond motifs is 5. The van der Waals surface area contributed by atoms with Crippen LogP contribution in [0.1, 0.15) is 72.3 Å². The molecule has 1 saturated heterocycles. The maximum Gasteiger partial charge on any atom is 0.312 e. The molecule has 7 atom stereocenters. The maximum atomic E-state index is 13.5. The van der Waals surface area contributed by atoms with Gasteiger partial charge in [-0.2, -0.15) is 0 Å². The van der Waals surface area contributed by atoms with Crippen LogP contribution in [-0.2, 0) is 35.2 Å². The molecule has 10 heteroatoms. The van der Waals surface area contributed by atoms with E-state index in [1.165, 1.54) is 6.42 Å². The lowest BCUT2D eigenvalue weighted by molar-refractivity contribution is -0.170. The SMILES string of the molecule is CCC(C)(CC(C)(CC(C)(C)C(=O)OCC1CC2CC1C1SSSC21)C(=O)OCCO)C(=O)OCc1ccccc1. The van der Waals surface area contributed by atoms with Gasteiger partial charge < -0.3 is 19.3 Å². The highest BCUT2D eigenvalue weighted by Gasteiger charge is 2.56. The van der Waals surface area contributed by atoms with Gasteiger partial charge in [-0.05, 0) is 92.9 Å². The second kappa shape index (κ2) is 13.5. The molecule has 0 spiro atoms. The minimum atomic E-state index is -1.19. The van der Waals surface area contributed by atoms with Crippen molar-refractivity contribution in [3.63, 3.8) is 0 Å². The molecule has 41 heavy (non-hydrogen) atoms. The third-order valence-corrected chi connectivity index (χ3v) is 14.5. The molecule has 3 fully saturated rings. The van der Waals surface area contributed by atoms with Gasteiger partial charge in [-0.25, -0.2) is 0 Å². The third kappa shape index (κ3) is 7.42. The largest absolute Gasteiger partial charge is 0.465 e. The molecule has 2 aliphatic carbocycles. The molecule has 1 aliphatic heterocycles. The van der Waals surface area contributed by atoms with Gasteiger partial charge in [-0.1, -0.05) is 58.8 Å². The molecule has 0 aromatic heterocycles. The molecule has 7 nitrogen and oxygen atoms in total. The van der Waals surface area contributed by atoms with E-state index in [-0.39, 0.29) is 38.6 Å². The Labute approximate surface area is 255 Å². The zero-order valence-corrected chi connectivity index (χ0v) is 27.2. The van der Waals surface area contributed by atoms with Crippen molar-refractivity contribution in [2.24, 2.45) is 34.0 Å². The average Bonchev–Trinajstić information content (AvgIpc) is 3.68. The van der Waals surface area contributed by atoms with Gasteiger partial charge in [0.2, 0.25) is 0 Å². The van der Waals surface area contributed by atoms with E-state index in [9.17, 15) is 19.5 Å². The van der Waals surface area contributed by atoms with E-state index in [1.54, 1.807) is 27.7 Å². The van der Waals surface area contributed by atoms with E-state index in [0.717, 1.165) is 17.2 Å². The Bertz CT molecular complexity index is 1080. The fourth-order valence-electron chi connectivity index (χ4n) is 6.99. The van der Waals surface area contributed by atoms with Crippen LogP contribution in [0.3, 0.4) is 0 Å². The second-order valence-corrected chi connectivity index (χ2v) is 17.5. The van der Waals surface area contributed by atoms with E-state index in [0.29, 0.717) is 36.0 Å². The van der Waals surface area contributed by atoms with Gasteiger partial charge in [-0.3, -0.25) is 14.4 Å². The lowest BCUT2D eigenvalue weighted by Gasteiger charge is -2.39. The summed E-state index contributed by atoms with van der Waals surface area (Å²) in [5.74, 6) is 0.408. The van der Waals surface area contributed by atoms with Gasteiger partial charge in [0.25, 0.3) is 0 Å². The van der Waals surface area contributed by atoms with Crippen molar-refractivity contribution < 1.29 is 33.7 Å². The minimum absolute atomic E-state index is 0.132. The van der Waals surface area contributed by atoms with Crippen molar-refractivity contribution in [1.29, 1.82) is 0 Å². The number of aliphatic hydroxyl groups is 1. The first-order valence-corrected chi connectivity index (χ1v) is 18.2. The van der Waals surface area contributed by atoms with Gasteiger partial charge >= 0.3 is 17.9 Å². The predicted molar refractivity (Wildman–Crippen MR) is 165 cm³/mol. The molecule has 2 bridgehead atoms. The highest BCUT2D eigenvalue weighted by atomic mass is 33.5. The smallest absolute Gasteiger partial charge is 0.312 e. The molecule has 3 aliphatic rings. The number of ether oxygens (including phenoxy) is 3. The summed E-state index contributed by atoms with van der Waals surface area (Å²) in [5.41, 5.74) is -2.30. The average molecular weight is 625 g/mol. The molecule has 2 saturated carbocycles. The fourth-order valence-corrected chi connectivity index (χ4v) is 13.8. The van der Waals surface area contributed by atoms with Crippen LogP contribution < -0.4 is 0 Å². The van der Waals surface area contributed by atoms with Crippen LogP contribution >= 0.6 is 31.4 Å². The zero-order chi connectivity index (χ0) is 29.8. The van der Waals surface area contributed by atoms with Crippen LogP contribution in [-0.4, -0.2) is 53.3 Å². The molecule has 1 N–H and O–H groups in total. The third-order valence-electron chi connectivity index (χ3n) is 9.19. The topological polar surface area (TPSA) is 99.1 Å². The molecule has 7 unspecified atom stereocenters. The molecule has 0 radical (unpaired) electrons. The summed E-state index contributed by atoms with van der Waals surface area (Å²) < 4.78 is 17.0. The Morgan fingerprint density at radius 1 is 0.878 bits per heavy atom. The van der Waals surface area contributed by atoms with E-state index in [1.807, 2.05) is 68.7 Å². The lowest BCUT2D eigenvalue weighted by atomic mass is 9.65. The second-order valence-electron chi connectivity index (χ2n) is 13.1. The summed E-state index contributed by atoms with van der Waals surface area (Å²) in [6.45, 7) is 9.10. The van der Waals surface area contributed by atoms with E-state index >= 15 is 0 Å². The van der Waals surface area contributed by atoms with E-state index < -0.39 is 28.2 Å². The van der Waals surface area contributed by atoms with Crippen molar-refractivity contribution in [1.82, 2.24) is 0 Å². The summed E-state index contributed by atoms with van der Waals surface area (Å²) in [7, 11) is 5.89. The maximum absolute atomic E-state index is 13.5. The number of aliphatic hydroxyl groups excluding tert-OH is 1. The highest BCUT2D eigenvalue weighted by molar-refractivity contribution is 9.11. The number of carbonyl (C=O) groups is 3. The monoisotopic (exact) mass is 624 g/mol. The predicted octanol–water partition coefficient (Wildman–Crippen LogP) is 6.47. The Hall–Kier alpha value is -1.36. The molecule has 1 aromatic rings. The van der Waals surface area contributed by atoms with Crippen LogP contribution in [0, 0.1) is 34.0 Å². The minimum Gasteiger partial charge on any atom is -0.465 e. The molecule has 0 amide bonds. The Kier molecular flexibility index (Phi) is 10.7. The molecule has 1 aromatic carbocycles. The lowest BCUT2D eigenvalue weighted by Crippen LogP contribution is -2.44. The van der Waals surface area contributed by atoms with Crippen molar-refractivity contribution >= 4 is 49.3 Å². The Morgan fingerprint density at radius 2 is 1.56 bits per heavy atom. The summed E-state index contributed by atoms with van der Waals surface area (Å²) in [5, 5.41) is 10.7. The van der Waals surface area contributed by atoms with Gasteiger partial charge in [0, 0.05) is 10.5 Å². The van der Waals surface area contributed by atoms with Gasteiger partial charge in [0.1, 0.15) is 13.2 Å². The number of hydrogen-bond acceptors (Lipinski definition) is 10. The number of benzene rings is 1. The van der Waals surface area contributed by atoms with Crippen LogP contribution in [0.25, 0.3) is 0 Å². The first-order chi connectivity index (χ1) is 19.4. The Balaban J connectivity index is 1.42. The van der Waals surface area contributed by atoms with Crippen molar-refractivity contribution in [2.45, 2.75) is 83.8 Å². The number of rotatable bonds is 14. The number of carbonyl (C=O) groups excluding carboxylic acids is 3. The normalized spacial score (nSPS) is 27.9. The van der Waals surface area contributed by atoms with Gasteiger partial charge in [0.15, 0.2) is 0 Å². The Morgan fingerprint density at radius 3 is 2.24 bits per heavy atom. The molecule has 228 valence electrons. The fraction of sp³-hybridized carbons (Fsp3) is 0.710. The van der Waals surface area contributed by atoms with E-state index in [4.69, 9.17) is 14.2 Å². The van der Waals surface area contributed by atoms with E-state index in [2.05, 4.69) is 0 Å². The quantitative estimate of drug-likeness (QED) is 0.141. The van der Waals surface area contributed by atoms with Gasteiger partial charge in [0.05, 0.1) is 29.5 Å². The molecule has 1 heterocycles. The summed E-state index contributed by atoms with van der Waals surface area (Å²) in [6.07, 6.45) is 3.04. The standard InChI is InChI=1S/C31H44O7S3/c1-6-30(4,27(34)37-16-20-10-8-7-9-11-20)19-31(5,28(35)36-13-12-32)18-29(2,3)26(33)38-17-22-14-21-15-23(22)25-24(21)39-41-40-25/h7-11,21-25,32H,6,12-19H2,1-5H3. The molecular weight excluding hydrogens is 581 g/mol. The summed E-state index contributed by atoms with van der Waals surface area (Å²) in [6, 6.07) is 9.45. The zero-order valence-electron chi connectivity index (χ0n) is 24.8. The summed E-state index contributed by atoms with van der Waals surface area (Å²) in [4.78, 5) is 40.3. The van der Waals surface area contributed by atoms with Crippen LogP contribution in [0.15, 0.2) is 30.3 Å². The first kappa shape index (κ1) is 32.6. The van der Waals surface area contributed by atoms with Crippen molar-refractivity contribution in [3.05, 3.63) is 35.9 Å². The van der Waals surface area contributed by atoms with Crippen LogP contribution in [0.2, 0.25) is 0 Å². The molecular formula is C31H44O7S3. The first-order valence-electron chi connectivity index (χ1n) is 14.6. The van der Waals surface area contributed by atoms with Crippen LogP contribution in [0.5, 0.6) is 0 Å². The number of hydrogen-bond donors (Lipinski definition) is 1. The number of esters is 3. The van der Waals surface area contributed by atoms with Crippen LogP contribution in [0.4, 0.5) is 0 Å². The molecule has 4 rings (SSSR count). The van der Waals surface area contributed by atoms with Crippen molar-refractivity contribution in [2.75, 3.05) is 19.8 Å². The van der Waals surface area contributed by atoms with Crippen molar-refractivity contribution in [3.8, 4) is 0 Å². The van der Waals surface area contributed by atoms with Gasteiger partial charge in [-0.15, -0.1) is 0 Å². The highest BCUT2D eigenvalue weighted by Crippen LogP contribution is 2.67.